The van der Waals surface area contributed by atoms with Crippen LogP contribution in [0.2, 0.25) is 0 Å². The van der Waals surface area contributed by atoms with E-state index in [0.717, 1.165) is 5.56 Å². The van der Waals surface area contributed by atoms with Crippen molar-refractivity contribution >= 4 is 19.0 Å². The maximum Gasteiger partial charge on any atom is 0.245 e. The maximum atomic E-state index is 10.1. The lowest BCUT2D eigenvalue weighted by molar-refractivity contribution is -0.109. The van der Waals surface area contributed by atoms with Crippen LogP contribution in [-0.2, 0) is 9.53 Å². The number of carbonyl (C=O) groups excluding carboxylic acids is 1. The van der Waals surface area contributed by atoms with Crippen molar-refractivity contribution in [3.05, 3.63) is 48.2 Å². The van der Waals surface area contributed by atoms with E-state index in [2.05, 4.69) is 28.8 Å². The number of amides is 1. The summed E-state index contributed by atoms with van der Waals surface area (Å²) in [5.74, 6) is 0.654. The zero-order chi connectivity index (χ0) is 12.5. The zero-order valence-corrected chi connectivity index (χ0v) is 9.30. The molecule has 0 heterocycles. The monoisotopic (exact) mass is 231 g/mol. The van der Waals surface area contributed by atoms with E-state index in [9.17, 15) is 4.79 Å². The molecule has 1 amide bonds. The number of benzene rings is 1. The van der Waals surface area contributed by atoms with Crippen molar-refractivity contribution in [2.75, 3.05) is 6.54 Å². The van der Waals surface area contributed by atoms with Gasteiger partial charge in [0.1, 0.15) is 5.76 Å². The van der Waals surface area contributed by atoms with Crippen molar-refractivity contribution in [2.24, 2.45) is 10.2 Å². The number of ether oxygens (including phenoxy) is 1. The van der Waals surface area contributed by atoms with Crippen LogP contribution in [0.4, 0.5) is 0 Å². The summed E-state index contributed by atoms with van der Waals surface area (Å²) in [6.07, 6.45) is 0.569. The molecule has 1 aromatic carbocycles. The number of carbonyl (C=O) groups is 1. The number of hydrogen-bond donors (Lipinski definition) is 1. The van der Waals surface area contributed by atoms with E-state index in [-0.39, 0.29) is 6.54 Å². The Bertz CT molecular complexity index is 427. The molecule has 1 rings (SSSR count). The number of nitrogens with zero attached hydrogens (tertiary/aromatic N) is 2. The zero-order valence-electron chi connectivity index (χ0n) is 9.30. The first-order valence-corrected chi connectivity index (χ1v) is 4.89. The lowest BCUT2D eigenvalue weighted by atomic mass is 10.2. The van der Waals surface area contributed by atoms with E-state index in [1.807, 2.05) is 30.3 Å². The lowest BCUT2D eigenvalue weighted by Gasteiger charge is -2.09. The predicted molar refractivity (Wildman–Crippen MR) is 66.8 cm³/mol. The summed E-state index contributed by atoms with van der Waals surface area (Å²) in [5.41, 5.74) is 0.757. The van der Waals surface area contributed by atoms with Crippen molar-refractivity contribution < 1.29 is 9.53 Å². The fourth-order valence-electron chi connectivity index (χ4n) is 1.11. The first-order valence-electron chi connectivity index (χ1n) is 4.89. The number of rotatable bonds is 6. The van der Waals surface area contributed by atoms with E-state index in [4.69, 9.17) is 4.74 Å². The van der Waals surface area contributed by atoms with Crippen molar-refractivity contribution in [3.63, 3.8) is 0 Å². The summed E-state index contributed by atoms with van der Waals surface area (Å²) in [5, 5.41) is 9.64. The van der Waals surface area contributed by atoms with Crippen LogP contribution in [0.1, 0.15) is 5.56 Å². The molecular weight excluding hydrogens is 218 g/mol. The molecule has 0 saturated heterocycles. The molecule has 17 heavy (non-hydrogen) atoms. The lowest BCUT2D eigenvalue weighted by Crippen LogP contribution is -2.18. The minimum Gasteiger partial charge on any atom is -0.440 e. The number of nitrogens with one attached hydrogen (secondary N) is 1. The van der Waals surface area contributed by atoms with Gasteiger partial charge in [-0.05, 0) is 12.1 Å². The Morgan fingerprint density at radius 1 is 1.41 bits per heavy atom. The second-order valence-electron chi connectivity index (χ2n) is 3.05. The Morgan fingerprint density at radius 2 is 2.12 bits per heavy atom. The Labute approximate surface area is 99.5 Å². The highest BCUT2D eigenvalue weighted by Crippen LogP contribution is 2.06. The molecule has 0 aromatic heterocycles. The van der Waals surface area contributed by atoms with Crippen molar-refractivity contribution in [2.45, 2.75) is 0 Å². The van der Waals surface area contributed by atoms with E-state index in [1.54, 1.807) is 0 Å². The van der Waals surface area contributed by atoms with Gasteiger partial charge in [0.25, 0.3) is 0 Å². The fourth-order valence-corrected chi connectivity index (χ4v) is 1.11. The van der Waals surface area contributed by atoms with Gasteiger partial charge in [-0.15, -0.1) is 5.10 Å². The molecule has 0 atom stereocenters. The van der Waals surface area contributed by atoms with Crippen LogP contribution in [0.5, 0.6) is 0 Å². The van der Waals surface area contributed by atoms with Gasteiger partial charge >= 0.3 is 0 Å². The topological polar surface area (TPSA) is 63.1 Å². The molecule has 5 heteroatoms. The van der Waals surface area contributed by atoms with Gasteiger partial charge in [0, 0.05) is 12.3 Å². The Morgan fingerprint density at radius 3 is 2.71 bits per heavy atom. The summed E-state index contributed by atoms with van der Waals surface area (Å²) in [6, 6.07) is 9.23. The standard InChI is InChI=1S/C12H13N3O2/c1-10(8-14-9-16)17-12(15-13-2)11-6-4-3-5-7-11/h3-7,9H,1-2,8H2,(H,14,16)/b15-12-. The Kier molecular flexibility index (Phi) is 5.16. The molecule has 0 spiro atoms. The highest BCUT2D eigenvalue weighted by molar-refractivity contribution is 5.94. The summed E-state index contributed by atoms with van der Waals surface area (Å²) < 4.78 is 5.38. The van der Waals surface area contributed by atoms with Crippen LogP contribution in [0.15, 0.2) is 52.9 Å². The third-order valence-electron chi connectivity index (χ3n) is 1.81. The van der Waals surface area contributed by atoms with Crippen LogP contribution in [0.25, 0.3) is 0 Å². The van der Waals surface area contributed by atoms with Crippen LogP contribution in [0, 0.1) is 0 Å². The normalized spacial score (nSPS) is 10.5. The van der Waals surface area contributed by atoms with Gasteiger partial charge in [0.05, 0.1) is 6.54 Å². The van der Waals surface area contributed by atoms with Gasteiger partial charge in [-0.1, -0.05) is 24.8 Å². The van der Waals surface area contributed by atoms with Crippen molar-refractivity contribution in [3.8, 4) is 0 Å². The SMILES string of the molecule is C=N/N=C(\OC(=C)CNC=O)c1ccccc1. The molecular formula is C12H13N3O2. The van der Waals surface area contributed by atoms with Gasteiger partial charge < -0.3 is 10.1 Å². The average molecular weight is 231 g/mol. The summed E-state index contributed by atoms with van der Waals surface area (Å²) in [4.78, 5) is 10.1. The third-order valence-corrected chi connectivity index (χ3v) is 1.81. The molecule has 5 nitrogen and oxygen atoms in total. The van der Waals surface area contributed by atoms with Crippen molar-refractivity contribution in [1.82, 2.24) is 5.32 Å². The Hall–Kier alpha value is -2.43. The first kappa shape index (κ1) is 12.6. The third kappa shape index (κ3) is 4.29. The largest absolute Gasteiger partial charge is 0.440 e. The minimum absolute atomic E-state index is 0.215. The summed E-state index contributed by atoms with van der Waals surface area (Å²) >= 11 is 0. The maximum absolute atomic E-state index is 10.1. The van der Waals surface area contributed by atoms with Crippen LogP contribution >= 0.6 is 0 Å². The van der Waals surface area contributed by atoms with Gasteiger partial charge in [0.15, 0.2) is 0 Å². The second-order valence-corrected chi connectivity index (χ2v) is 3.05. The molecule has 0 bridgehead atoms. The smallest absolute Gasteiger partial charge is 0.245 e. The summed E-state index contributed by atoms with van der Waals surface area (Å²) in [6.45, 7) is 7.14. The van der Waals surface area contributed by atoms with E-state index >= 15 is 0 Å². The van der Waals surface area contributed by atoms with Crippen molar-refractivity contribution in [1.29, 1.82) is 0 Å². The molecule has 0 radical (unpaired) electrons. The highest BCUT2D eigenvalue weighted by atomic mass is 16.5. The quantitative estimate of drug-likeness (QED) is 0.264. The van der Waals surface area contributed by atoms with Crippen LogP contribution in [0.3, 0.4) is 0 Å². The minimum atomic E-state index is 0.215. The van der Waals surface area contributed by atoms with E-state index < -0.39 is 0 Å². The van der Waals surface area contributed by atoms with E-state index in [1.165, 1.54) is 0 Å². The highest BCUT2D eigenvalue weighted by Gasteiger charge is 2.06. The molecule has 88 valence electrons. The van der Waals surface area contributed by atoms with Gasteiger partial charge in [-0.25, -0.2) is 0 Å². The molecule has 1 N–H and O–H groups in total. The number of hydrogen-bond acceptors (Lipinski definition) is 4. The van der Waals surface area contributed by atoms with Gasteiger partial charge in [-0.2, -0.15) is 5.10 Å². The molecule has 0 aliphatic rings. The molecule has 1 aromatic rings. The molecule has 0 aliphatic heterocycles. The summed E-state index contributed by atoms with van der Waals surface area (Å²) in [7, 11) is 0. The van der Waals surface area contributed by atoms with Gasteiger partial charge in [-0.3, -0.25) is 4.79 Å². The molecule has 0 saturated carbocycles. The fraction of sp³-hybridized carbons (Fsp3) is 0.0833. The van der Waals surface area contributed by atoms with E-state index in [0.29, 0.717) is 18.1 Å². The van der Waals surface area contributed by atoms with Crippen LogP contribution < -0.4 is 5.32 Å². The average Bonchev–Trinajstić information content (AvgIpc) is 2.37. The predicted octanol–water partition coefficient (Wildman–Crippen LogP) is 1.33. The molecule has 0 fully saturated rings. The molecule has 0 unspecified atom stereocenters. The van der Waals surface area contributed by atoms with Gasteiger partial charge in [0.2, 0.25) is 12.3 Å². The molecule has 0 aliphatic carbocycles. The second kappa shape index (κ2) is 6.95. The Balaban J connectivity index is 2.75. The first-order chi connectivity index (χ1) is 8.27. The van der Waals surface area contributed by atoms with Crippen LogP contribution in [-0.4, -0.2) is 25.6 Å².